The minimum absolute atomic E-state index is 0. The molecular formula is C19H22N5NaO9S2. The summed E-state index contributed by atoms with van der Waals surface area (Å²) in [6.45, 7) is 3.35. The average molecular weight is 552 g/mol. The molecule has 0 bridgehead atoms. The molecule has 1 saturated heterocycles. The molecule has 0 aromatic carbocycles. The third kappa shape index (κ3) is 6.18. The van der Waals surface area contributed by atoms with Crippen LogP contribution in [-0.2, 0) is 33.5 Å². The van der Waals surface area contributed by atoms with Crippen molar-refractivity contribution in [2.24, 2.45) is 5.16 Å². The third-order valence-corrected chi connectivity index (χ3v) is 6.86. The second kappa shape index (κ2) is 11.6. The number of carbonyl (C=O) groups excluding carboxylic acids is 3. The van der Waals surface area contributed by atoms with Crippen molar-refractivity contribution in [3.63, 3.8) is 0 Å². The first kappa shape index (κ1) is 29.6. The van der Waals surface area contributed by atoms with Crippen LogP contribution in [0.1, 0.15) is 27.9 Å². The number of ether oxygens (including phenoxy) is 1. The summed E-state index contributed by atoms with van der Waals surface area (Å²) in [6, 6.07) is -1.11. The van der Waals surface area contributed by atoms with Crippen LogP contribution in [0.2, 0.25) is 0 Å². The van der Waals surface area contributed by atoms with Gasteiger partial charge in [0.15, 0.2) is 10.8 Å². The first-order valence-electron chi connectivity index (χ1n) is 9.88. The number of oxime groups is 1. The number of amides is 2. The Morgan fingerprint density at radius 2 is 2.03 bits per heavy atom. The topological polar surface area (TPSA) is 211 Å². The fraction of sp³-hybridized carbons (Fsp3) is 0.421. The Morgan fingerprint density at radius 1 is 1.36 bits per heavy atom. The number of fused-ring (bicyclic) bond motifs is 1. The number of β-lactam (4-membered cyclic amide) rings is 1. The van der Waals surface area contributed by atoms with E-state index >= 15 is 0 Å². The molecule has 17 heteroatoms. The summed E-state index contributed by atoms with van der Waals surface area (Å²) in [7, 11) is 0. The fourth-order valence-corrected chi connectivity index (χ4v) is 4.87. The minimum Gasteiger partial charge on any atom is -1.00 e. The van der Waals surface area contributed by atoms with Gasteiger partial charge < -0.3 is 32.3 Å². The standard InChI is InChI=1S/C19H21N5O9S2.Na.H/c1-7(25)32-4-8-5-34-15-11(14(27)24(15)12(8)16(28)29)22-13(26)10(9-6-35-18(20)21-9)23-33-19(2,3)17(30)31;;/h6,11,15H,4-5H2,1-3H3,(H2,20,21)(H,22,26)(H,28,29)(H,30,31);;/q;+1;-1/b23-10-;;/t11-,15+;;/m0../s1. The van der Waals surface area contributed by atoms with Gasteiger partial charge in [-0.2, -0.15) is 0 Å². The number of aromatic nitrogens is 1. The number of hydrogen-bond donors (Lipinski definition) is 4. The van der Waals surface area contributed by atoms with Gasteiger partial charge in [0.1, 0.15) is 29.4 Å². The van der Waals surface area contributed by atoms with E-state index in [4.69, 9.17) is 15.3 Å². The van der Waals surface area contributed by atoms with Crippen molar-refractivity contribution in [2.45, 2.75) is 37.8 Å². The van der Waals surface area contributed by atoms with E-state index in [1.54, 1.807) is 0 Å². The Hall–Kier alpha value is -2.66. The van der Waals surface area contributed by atoms with E-state index in [0.29, 0.717) is 0 Å². The van der Waals surface area contributed by atoms with Crippen molar-refractivity contribution < 1.29 is 74.7 Å². The molecule has 0 radical (unpaired) electrons. The molecule has 0 spiro atoms. The molecule has 1 aromatic heterocycles. The van der Waals surface area contributed by atoms with Crippen molar-refractivity contribution in [1.82, 2.24) is 15.2 Å². The van der Waals surface area contributed by atoms with Gasteiger partial charge in [-0.1, -0.05) is 5.16 Å². The van der Waals surface area contributed by atoms with Gasteiger partial charge in [-0.15, -0.1) is 23.1 Å². The van der Waals surface area contributed by atoms with Gasteiger partial charge >= 0.3 is 47.5 Å². The van der Waals surface area contributed by atoms with Crippen LogP contribution in [0.25, 0.3) is 0 Å². The number of carboxylic acid groups (broad SMARTS) is 2. The van der Waals surface area contributed by atoms with Gasteiger partial charge in [-0.05, 0) is 13.8 Å². The molecule has 14 nitrogen and oxygen atoms in total. The second-order valence-corrected chi connectivity index (χ2v) is 9.81. The SMILES string of the molecule is CC(=O)OCC1=C(C(=O)O)N2C(=O)[C@H](NC(=O)/C(=N\OC(C)(C)C(=O)O)c3csc(N)n3)[C@H]2SC1.[H-].[Na+]. The Kier molecular flexibility index (Phi) is 9.52. The van der Waals surface area contributed by atoms with Crippen molar-refractivity contribution >= 4 is 63.7 Å². The predicted octanol–water partition coefficient (Wildman–Crippen LogP) is -3.27. The Balaban J connectivity index is 0.00000342. The van der Waals surface area contributed by atoms with E-state index in [2.05, 4.69) is 15.5 Å². The van der Waals surface area contributed by atoms with E-state index in [9.17, 15) is 34.2 Å². The number of anilines is 1. The van der Waals surface area contributed by atoms with Crippen molar-refractivity contribution in [1.29, 1.82) is 0 Å². The number of thioether (sulfide) groups is 1. The summed E-state index contributed by atoms with van der Waals surface area (Å²) in [5.41, 5.74) is 3.38. The van der Waals surface area contributed by atoms with Gasteiger partial charge in [0.2, 0.25) is 5.60 Å². The van der Waals surface area contributed by atoms with Crippen LogP contribution in [0.3, 0.4) is 0 Å². The number of rotatable bonds is 9. The zero-order chi connectivity index (χ0) is 26.1. The quantitative estimate of drug-likeness (QED) is 0.0783. The molecule has 2 aliphatic heterocycles. The van der Waals surface area contributed by atoms with E-state index in [1.807, 2.05) is 0 Å². The zero-order valence-electron chi connectivity index (χ0n) is 20.6. The Labute approximate surface area is 236 Å². The predicted molar refractivity (Wildman–Crippen MR) is 123 cm³/mol. The number of esters is 1. The second-order valence-electron chi connectivity index (χ2n) is 7.82. The molecule has 0 unspecified atom stereocenters. The van der Waals surface area contributed by atoms with Crippen LogP contribution in [-0.4, -0.2) is 84.9 Å². The molecule has 3 rings (SSSR count). The molecule has 190 valence electrons. The summed E-state index contributed by atoms with van der Waals surface area (Å²) in [4.78, 5) is 70.1. The molecular weight excluding hydrogens is 529 g/mol. The molecule has 3 heterocycles. The molecule has 5 N–H and O–H groups in total. The van der Waals surface area contributed by atoms with Gasteiger partial charge in [0.05, 0.1) is 0 Å². The molecule has 1 aromatic rings. The van der Waals surface area contributed by atoms with Crippen molar-refractivity contribution in [2.75, 3.05) is 18.1 Å². The summed E-state index contributed by atoms with van der Waals surface area (Å²) in [5.74, 6) is -4.76. The van der Waals surface area contributed by atoms with Crippen LogP contribution in [0, 0.1) is 0 Å². The summed E-state index contributed by atoms with van der Waals surface area (Å²) < 4.78 is 4.88. The van der Waals surface area contributed by atoms with Gasteiger partial charge in [0.25, 0.3) is 11.8 Å². The Morgan fingerprint density at radius 3 is 2.56 bits per heavy atom. The number of nitrogens with one attached hydrogen (secondary N) is 1. The minimum atomic E-state index is -1.77. The van der Waals surface area contributed by atoms with Crippen molar-refractivity contribution in [3.05, 3.63) is 22.3 Å². The van der Waals surface area contributed by atoms with E-state index < -0.39 is 52.5 Å². The van der Waals surface area contributed by atoms with Crippen LogP contribution in [0.4, 0.5) is 5.13 Å². The van der Waals surface area contributed by atoms with E-state index in [1.165, 1.54) is 37.9 Å². The maximum atomic E-state index is 13.0. The molecule has 2 aliphatic rings. The number of hydrogen-bond acceptors (Lipinski definition) is 12. The molecule has 36 heavy (non-hydrogen) atoms. The first-order valence-corrected chi connectivity index (χ1v) is 11.8. The zero-order valence-corrected chi connectivity index (χ0v) is 23.3. The van der Waals surface area contributed by atoms with E-state index in [0.717, 1.165) is 16.2 Å². The summed E-state index contributed by atoms with van der Waals surface area (Å²) in [6.07, 6.45) is 0. The molecule has 0 aliphatic carbocycles. The number of carboxylic acids is 2. The molecule has 0 saturated carbocycles. The largest absolute Gasteiger partial charge is 1.00 e. The first-order chi connectivity index (χ1) is 16.3. The number of thiazole rings is 1. The Bertz CT molecular complexity index is 1170. The summed E-state index contributed by atoms with van der Waals surface area (Å²) in [5, 5.41) is 25.8. The number of aliphatic carboxylic acids is 2. The van der Waals surface area contributed by atoms with Crippen molar-refractivity contribution in [3.8, 4) is 0 Å². The normalized spacial score (nSPS) is 19.5. The average Bonchev–Trinajstić information content (AvgIpc) is 3.20. The number of nitrogens with zero attached hydrogens (tertiary/aromatic N) is 3. The van der Waals surface area contributed by atoms with Crippen LogP contribution in [0.5, 0.6) is 0 Å². The van der Waals surface area contributed by atoms with Crippen LogP contribution in [0.15, 0.2) is 21.8 Å². The number of nitrogens with two attached hydrogens (primary N) is 1. The molecule has 2 atom stereocenters. The number of nitrogen functional groups attached to an aromatic ring is 1. The number of carbonyl (C=O) groups is 5. The third-order valence-electron chi connectivity index (χ3n) is 4.85. The smallest absolute Gasteiger partial charge is 1.00 e. The van der Waals surface area contributed by atoms with E-state index in [-0.39, 0.29) is 65.4 Å². The molecule has 2 amide bonds. The fourth-order valence-electron chi connectivity index (χ4n) is 2.99. The van der Waals surface area contributed by atoms with Gasteiger partial charge in [-0.3, -0.25) is 19.3 Å². The van der Waals surface area contributed by atoms with Crippen LogP contribution >= 0.6 is 23.1 Å². The maximum absolute atomic E-state index is 13.0. The van der Waals surface area contributed by atoms with Crippen LogP contribution < -0.4 is 40.6 Å². The van der Waals surface area contributed by atoms with Gasteiger partial charge in [-0.25, -0.2) is 14.6 Å². The maximum Gasteiger partial charge on any atom is 1.00 e. The summed E-state index contributed by atoms with van der Waals surface area (Å²) >= 11 is 2.18. The monoisotopic (exact) mass is 551 g/mol. The van der Waals surface area contributed by atoms with Gasteiger partial charge in [0, 0.05) is 23.6 Å². The molecule has 1 fully saturated rings.